The number of halogens is 3. The van der Waals surface area contributed by atoms with E-state index >= 15 is 0 Å². The lowest BCUT2D eigenvalue weighted by atomic mass is 9.97. The highest BCUT2D eigenvalue weighted by Gasteiger charge is 2.50. The predicted octanol–water partition coefficient (Wildman–Crippen LogP) is 4.97. The molecule has 1 aliphatic carbocycles. The maximum atomic E-state index is 13.9. The zero-order chi connectivity index (χ0) is 23.9. The van der Waals surface area contributed by atoms with Crippen molar-refractivity contribution in [3.05, 3.63) is 71.7 Å². The van der Waals surface area contributed by atoms with Crippen molar-refractivity contribution in [2.45, 2.75) is 44.4 Å². The van der Waals surface area contributed by atoms with Crippen LogP contribution in [-0.4, -0.2) is 44.4 Å². The van der Waals surface area contributed by atoms with E-state index in [1.54, 1.807) is 18.5 Å². The van der Waals surface area contributed by atoms with Crippen molar-refractivity contribution in [3.63, 3.8) is 0 Å². The summed E-state index contributed by atoms with van der Waals surface area (Å²) in [5.41, 5.74) is 1.44. The number of rotatable bonds is 5. The van der Waals surface area contributed by atoms with Gasteiger partial charge in [0.05, 0.1) is 11.1 Å². The molecule has 0 bridgehead atoms. The largest absolute Gasteiger partial charge is 0.417 e. The number of amides is 1. The van der Waals surface area contributed by atoms with Gasteiger partial charge >= 0.3 is 6.18 Å². The second-order valence-corrected chi connectivity index (χ2v) is 8.94. The van der Waals surface area contributed by atoms with E-state index in [0.717, 1.165) is 37.1 Å². The number of anilines is 1. The molecule has 1 saturated carbocycles. The zero-order valence-electron chi connectivity index (χ0n) is 18.6. The lowest BCUT2D eigenvalue weighted by Crippen LogP contribution is -2.48. The molecule has 176 valence electrons. The van der Waals surface area contributed by atoms with E-state index in [1.165, 1.54) is 6.07 Å². The van der Waals surface area contributed by atoms with Gasteiger partial charge in [-0.3, -0.25) is 4.79 Å². The monoisotopic (exact) mass is 467 g/mol. The van der Waals surface area contributed by atoms with Gasteiger partial charge in [-0.2, -0.15) is 13.2 Å². The molecule has 3 atom stereocenters. The van der Waals surface area contributed by atoms with Gasteiger partial charge in [0.1, 0.15) is 5.82 Å². The van der Waals surface area contributed by atoms with Crippen LogP contribution in [0.2, 0.25) is 0 Å². The molecule has 0 spiro atoms. The Morgan fingerprint density at radius 1 is 1.12 bits per heavy atom. The van der Waals surface area contributed by atoms with Gasteiger partial charge in [-0.05, 0) is 56.4 Å². The van der Waals surface area contributed by atoms with Crippen LogP contribution in [0.15, 0.2) is 55.0 Å². The summed E-state index contributed by atoms with van der Waals surface area (Å²) >= 11 is 0. The van der Waals surface area contributed by atoms with Gasteiger partial charge in [-0.15, -0.1) is 0 Å². The molecule has 2 unspecified atom stereocenters. The number of alkyl halides is 3. The standard InChI is InChI=1S/C25H24F3N5O/c1-15-3-7-19(23-29-9-2-10-30-23)20(11-15)24(34)33-18(6-4-16-12-21(16)33)14-32-22-8-5-17(13-31-22)25(26,27)28/h2-3,5,7-11,13,16,18,21H,4,6,12,14H2,1H3,(H,31,32)/t16?,18-,21?/m0/s1. The molecular formula is C25H24F3N5O. The van der Waals surface area contributed by atoms with Gasteiger partial charge in [0.25, 0.3) is 5.91 Å². The van der Waals surface area contributed by atoms with Crippen LogP contribution in [0.4, 0.5) is 19.0 Å². The van der Waals surface area contributed by atoms with E-state index < -0.39 is 11.7 Å². The third-order valence-electron chi connectivity index (χ3n) is 6.56. The number of benzene rings is 1. The molecule has 1 aromatic carbocycles. The number of fused-ring (bicyclic) bond motifs is 1. The van der Waals surface area contributed by atoms with Crippen LogP contribution < -0.4 is 5.32 Å². The van der Waals surface area contributed by atoms with Gasteiger partial charge in [-0.1, -0.05) is 17.7 Å². The van der Waals surface area contributed by atoms with Gasteiger partial charge < -0.3 is 10.2 Å². The molecule has 34 heavy (non-hydrogen) atoms. The second-order valence-electron chi connectivity index (χ2n) is 8.94. The summed E-state index contributed by atoms with van der Waals surface area (Å²) in [6.07, 6.45) is 2.53. The highest BCUT2D eigenvalue weighted by atomic mass is 19.4. The number of aryl methyl sites for hydroxylation is 1. The van der Waals surface area contributed by atoms with Crippen molar-refractivity contribution in [2.24, 2.45) is 5.92 Å². The molecule has 1 amide bonds. The lowest BCUT2D eigenvalue weighted by molar-refractivity contribution is -0.137. The van der Waals surface area contributed by atoms with Crippen LogP contribution in [0.1, 0.15) is 40.7 Å². The molecule has 1 saturated heterocycles. The minimum atomic E-state index is -4.42. The number of aromatic nitrogens is 3. The molecule has 0 radical (unpaired) electrons. The molecule has 1 N–H and O–H groups in total. The molecule has 3 aromatic rings. The molecule has 2 aliphatic rings. The van der Waals surface area contributed by atoms with Crippen LogP contribution >= 0.6 is 0 Å². The van der Waals surface area contributed by atoms with Crippen LogP contribution in [0, 0.1) is 12.8 Å². The smallest absolute Gasteiger partial charge is 0.368 e. The third kappa shape index (κ3) is 4.47. The average molecular weight is 467 g/mol. The maximum absolute atomic E-state index is 13.9. The van der Waals surface area contributed by atoms with Crippen LogP contribution in [0.25, 0.3) is 11.4 Å². The summed E-state index contributed by atoms with van der Waals surface area (Å²) < 4.78 is 38.4. The van der Waals surface area contributed by atoms with Gasteiger partial charge in [0.2, 0.25) is 0 Å². The summed E-state index contributed by atoms with van der Waals surface area (Å²) in [5.74, 6) is 1.29. The predicted molar refractivity (Wildman–Crippen MR) is 121 cm³/mol. The van der Waals surface area contributed by atoms with Crippen molar-refractivity contribution in [1.82, 2.24) is 19.9 Å². The first-order chi connectivity index (χ1) is 16.3. The fourth-order valence-corrected chi connectivity index (χ4v) is 4.71. The van der Waals surface area contributed by atoms with Crippen molar-refractivity contribution in [1.29, 1.82) is 0 Å². The second kappa shape index (κ2) is 8.70. The van der Waals surface area contributed by atoms with E-state index in [9.17, 15) is 18.0 Å². The first kappa shape index (κ1) is 22.3. The number of likely N-dealkylation sites (tertiary alicyclic amines) is 1. The van der Waals surface area contributed by atoms with Crippen molar-refractivity contribution in [3.8, 4) is 11.4 Å². The van der Waals surface area contributed by atoms with E-state index in [-0.39, 0.29) is 18.0 Å². The molecule has 9 heteroatoms. The average Bonchev–Trinajstić information content (AvgIpc) is 3.62. The topological polar surface area (TPSA) is 71.0 Å². The lowest BCUT2D eigenvalue weighted by Gasteiger charge is -2.36. The van der Waals surface area contributed by atoms with Crippen LogP contribution in [0.5, 0.6) is 0 Å². The maximum Gasteiger partial charge on any atom is 0.417 e. The number of pyridine rings is 1. The Labute approximate surface area is 195 Å². The summed E-state index contributed by atoms with van der Waals surface area (Å²) in [5, 5.41) is 3.13. The molecular weight excluding hydrogens is 443 g/mol. The number of carbonyl (C=O) groups excluding carboxylic acids is 1. The highest BCUT2D eigenvalue weighted by Crippen LogP contribution is 2.46. The van der Waals surface area contributed by atoms with Gasteiger partial charge in [-0.25, -0.2) is 15.0 Å². The Kier molecular flexibility index (Phi) is 5.71. The molecule has 6 nitrogen and oxygen atoms in total. The van der Waals surface area contributed by atoms with Crippen LogP contribution in [-0.2, 0) is 6.18 Å². The van der Waals surface area contributed by atoms with Gasteiger partial charge in [0, 0.05) is 42.8 Å². The van der Waals surface area contributed by atoms with E-state index in [0.29, 0.717) is 35.2 Å². The van der Waals surface area contributed by atoms with E-state index in [4.69, 9.17) is 0 Å². The highest BCUT2D eigenvalue weighted by molar-refractivity contribution is 6.01. The fraction of sp³-hybridized carbons (Fsp3) is 0.360. The first-order valence-electron chi connectivity index (χ1n) is 11.3. The Morgan fingerprint density at radius 2 is 1.91 bits per heavy atom. The molecule has 2 aromatic heterocycles. The van der Waals surface area contributed by atoms with Gasteiger partial charge in [0.15, 0.2) is 5.82 Å². The van der Waals surface area contributed by atoms with Crippen molar-refractivity contribution >= 4 is 11.7 Å². The number of hydrogen-bond donors (Lipinski definition) is 1. The Morgan fingerprint density at radius 3 is 2.62 bits per heavy atom. The Bertz CT molecular complexity index is 1180. The van der Waals surface area contributed by atoms with Crippen LogP contribution in [0.3, 0.4) is 0 Å². The minimum absolute atomic E-state index is 0.0643. The number of nitrogens with zero attached hydrogens (tertiary/aromatic N) is 4. The van der Waals surface area contributed by atoms with Crippen molar-refractivity contribution in [2.75, 3.05) is 11.9 Å². The third-order valence-corrected chi connectivity index (χ3v) is 6.56. The molecule has 5 rings (SSSR count). The number of nitrogens with one attached hydrogen (secondary N) is 1. The number of piperidine rings is 1. The molecule has 3 heterocycles. The Hall–Kier alpha value is -3.49. The zero-order valence-corrected chi connectivity index (χ0v) is 18.6. The minimum Gasteiger partial charge on any atom is -0.368 e. The SMILES string of the molecule is Cc1ccc(-c2ncccn2)c(C(=O)N2C3CC3CC[C@H]2CNc2ccc(C(F)(F)F)cn2)c1. The summed E-state index contributed by atoms with van der Waals surface area (Å²) in [7, 11) is 0. The number of carbonyl (C=O) groups is 1. The summed E-state index contributed by atoms with van der Waals surface area (Å²) in [6.45, 7) is 2.36. The summed E-state index contributed by atoms with van der Waals surface area (Å²) in [4.78, 5) is 28.4. The van der Waals surface area contributed by atoms with Crippen molar-refractivity contribution < 1.29 is 18.0 Å². The molecule has 1 aliphatic heterocycles. The number of hydrogen-bond acceptors (Lipinski definition) is 5. The van der Waals surface area contributed by atoms with E-state index in [2.05, 4.69) is 20.3 Å². The normalized spacial score (nSPS) is 21.6. The quantitative estimate of drug-likeness (QED) is 0.574. The fourth-order valence-electron chi connectivity index (χ4n) is 4.71. The first-order valence-corrected chi connectivity index (χ1v) is 11.3. The Balaban J connectivity index is 1.38. The molecule has 2 fully saturated rings. The summed E-state index contributed by atoms with van der Waals surface area (Å²) in [6, 6.07) is 9.85. The van der Waals surface area contributed by atoms with E-state index in [1.807, 2.05) is 30.0 Å².